The third-order valence-corrected chi connectivity index (χ3v) is 6.09. The normalized spacial score (nSPS) is 38.4. The molecule has 0 unspecified atom stereocenters. The van der Waals surface area contributed by atoms with E-state index in [4.69, 9.17) is 18.9 Å². The van der Waals surface area contributed by atoms with E-state index in [0.717, 1.165) is 0 Å². The first-order chi connectivity index (χ1) is 15.9. The second-order valence-electron chi connectivity index (χ2n) is 8.79. The predicted molar refractivity (Wildman–Crippen MR) is 115 cm³/mol. The molecule has 2 rings (SSSR count). The number of allylic oxidation sites excluding steroid dienone is 1. The van der Waals surface area contributed by atoms with Crippen LogP contribution in [0.25, 0.3) is 0 Å². The van der Waals surface area contributed by atoms with Crippen LogP contribution in [0, 0.1) is 0 Å². The van der Waals surface area contributed by atoms with E-state index in [2.05, 4.69) is 11.3 Å². The number of aliphatic hydroxyl groups excluding tert-OH is 5. The molecule has 9 atom stereocenters. The van der Waals surface area contributed by atoms with Gasteiger partial charge in [0.05, 0.1) is 32.5 Å². The number of hydrogen-bond donors (Lipinski definition) is 6. The van der Waals surface area contributed by atoms with Gasteiger partial charge >= 0.3 is 5.97 Å². The highest BCUT2D eigenvalue weighted by Gasteiger charge is 2.50. The molecule has 0 radical (unpaired) electrons. The Labute approximate surface area is 198 Å². The van der Waals surface area contributed by atoms with Crippen LogP contribution in [0.4, 0.5) is 0 Å². The van der Waals surface area contributed by atoms with Crippen LogP contribution in [0.15, 0.2) is 24.3 Å². The summed E-state index contributed by atoms with van der Waals surface area (Å²) < 4.78 is 26.7. The third kappa shape index (κ3) is 6.61. The summed E-state index contributed by atoms with van der Waals surface area (Å²) in [5.41, 5.74) is -2.50. The molecule has 34 heavy (non-hydrogen) atoms. The van der Waals surface area contributed by atoms with Gasteiger partial charge in [-0.05, 0) is 26.7 Å². The monoisotopic (exact) mass is 492 g/mol. The van der Waals surface area contributed by atoms with Gasteiger partial charge in [-0.3, -0.25) is 0 Å². The second-order valence-corrected chi connectivity index (χ2v) is 8.79. The zero-order valence-corrected chi connectivity index (χ0v) is 19.6. The minimum Gasteiger partial charge on any atom is -0.466 e. The molecule has 2 aliphatic rings. The van der Waals surface area contributed by atoms with E-state index in [9.17, 15) is 35.4 Å². The molecule has 6 N–H and O–H groups in total. The van der Waals surface area contributed by atoms with Crippen molar-refractivity contribution < 1.29 is 59.1 Å². The molecular weight excluding hydrogens is 456 g/mol. The Morgan fingerprint density at radius 3 is 2.44 bits per heavy atom. The van der Waals surface area contributed by atoms with Crippen LogP contribution in [0.1, 0.15) is 26.7 Å². The maximum atomic E-state index is 11.5. The van der Waals surface area contributed by atoms with Crippen molar-refractivity contribution in [2.75, 3.05) is 26.9 Å². The van der Waals surface area contributed by atoms with Crippen molar-refractivity contribution in [1.82, 2.24) is 0 Å². The van der Waals surface area contributed by atoms with Crippen molar-refractivity contribution in [3.05, 3.63) is 24.3 Å². The highest BCUT2D eigenvalue weighted by molar-refractivity contribution is 5.87. The number of carbonyl (C=O) groups excluding carboxylic acids is 1. The van der Waals surface area contributed by atoms with Crippen LogP contribution in [-0.4, -0.2) is 118 Å². The van der Waals surface area contributed by atoms with Crippen molar-refractivity contribution in [2.45, 2.75) is 81.0 Å². The highest BCUT2D eigenvalue weighted by atomic mass is 16.7. The average Bonchev–Trinajstić information content (AvgIpc) is 3.12. The quantitative estimate of drug-likeness (QED) is 0.107. The average molecular weight is 493 g/mol. The Morgan fingerprint density at radius 2 is 1.88 bits per heavy atom. The summed E-state index contributed by atoms with van der Waals surface area (Å²) in [6.07, 6.45) is -6.26. The lowest BCUT2D eigenvalue weighted by atomic mass is 9.96. The lowest BCUT2D eigenvalue weighted by Crippen LogP contribution is -2.61. The topological polar surface area (TPSA) is 185 Å². The summed E-state index contributed by atoms with van der Waals surface area (Å²) in [7, 11) is 1.28. The van der Waals surface area contributed by atoms with E-state index in [-0.39, 0.29) is 13.2 Å². The first-order valence-corrected chi connectivity index (χ1v) is 10.9. The van der Waals surface area contributed by atoms with E-state index in [0.29, 0.717) is 18.4 Å². The number of esters is 1. The van der Waals surface area contributed by atoms with Crippen LogP contribution in [0.2, 0.25) is 0 Å². The molecular formula is C22H36O12. The van der Waals surface area contributed by atoms with Crippen molar-refractivity contribution in [3.63, 3.8) is 0 Å². The lowest BCUT2D eigenvalue weighted by molar-refractivity contribution is -0.326. The van der Waals surface area contributed by atoms with Crippen molar-refractivity contribution in [2.24, 2.45) is 0 Å². The van der Waals surface area contributed by atoms with Gasteiger partial charge in [0.15, 0.2) is 12.6 Å². The fraction of sp³-hybridized carbons (Fsp3) is 0.773. The molecule has 0 spiro atoms. The first kappa shape index (κ1) is 28.8. The molecule has 2 fully saturated rings. The molecule has 0 aromatic rings. The SMILES string of the molecule is C=C[C@](C)(CC/C=C(\C)C(=O)OC)O[C@@H]1O[C@H](CO[C@@H]2OC[C@](O)(CO)[C@H]2O)[C@@H](O)[C@H](O)[C@H]1O. The van der Waals surface area contributed by atoms with E-state index < -0.39 is 66.9 Å². The minimum absolute atomic E-state index is 0.346. The highest BCUT2D eigenvalue weighted by Crippen LogP contribution is 2.31. The predicted octanol–water partition coefficient (Wildman–Crippen LogP) is -1.89. The summed E-state index contributed by atoms with van der Waals surface area (Å²) in [6, 6.07) is 0. The second kappa shape index (κ2) is 12.0. The summed E-state index contributed by atoms with van der Waals surface area (Å²) in [5, 5.41) is 60.3. The maximum Gasteiger partial charge on any atom is 0.333 e. The maximum absolute atomic E-state index is 11.5. The summed E-state index contributed by atoms with van der Waals surface area (Å²) in [6.45, 7) is 5.54. The van der Waals surface area contributed by atoms with Crippen molar-refractivity contribution in [1.29, 1.82) is 0 Å². The largest absolute Gasteiger partial charge is 0.466 e. The molecule has 12 heteroatoms. The van der Waals surface area contributed by atoms with Gasteiger partial charge in [-0.25, -0.2) is 4.79 Å². The van der Waals surface area contributed by atoms with Gasteiger partial charge in [-0.1, -0.05) is 12.2 Å². The Bertz CT molecular complexity index is 729. The molecule has 0 amide bonds. The first-order valence-electron chi connectivity index (χ1n) is 10.9. The molecule has 0 aliphatic carbocycles. The standard InChI is InChI=1S/C22H36O12/c1-5-21(3,8-6-7-12(2)18(28)30-4)34-19-16(26)15(25)14(24)13(33-19)9-31-20-17(27)22(29,10-23)11-32-20/h5,7,13-17,19-20,23-27,29H,1,6,8-11H2,2-4H3/b12-7+/t13-,14-,15+,16-,17+,19+,20-,21-,22-/m1/s1. The van der Waals surface area contributed by atoms with E-state index >= 15 is 0 Å². The Kier molecular flexibility index (Phi) is 10.2. The van der Waals surface area contributed by atoms with Gasteiger partial charge in [-0.2, -0.15) is 0 Å². The van der Waals surface area contributed by atoms with Crippen LogP contribution in [0.5, 0.6) is 0 Å². The van der Waals surface area contributed by atoms with Gasteiger partial charge in [0, 0.05) is 5.57 Å². The van der Waals surface area contributed by atoms with E-state index in [1.54, 1.807) is 19.9 Å². The fourth-order valence-corrected chi connectivity index (χ4v) is 3.57. The van der Waals surface area contributed by atoms with Crippen LogP contribution >= 0.6 is 0 Å². The number of carbonyl (C=O) groups is 1. The van der Waals surface area contributed by atoms with Crippen molar-refractivity contribution >= 4 is 5.97 Å². The smallest absolute Gasteiger partial charge is 0.333 e. The van der Waals surface area contributed by atoms with Gasteiger partial charge < -0.3 is 54.3 Å². The third-order valence-electron chi connectivity index (χ3n) is 6.09. The van der Waals surface area contributed by atoms with Gasteiger partial charge in [0.25, 0.3) is 0 Å². The summed E-state index contributed by atoms with van der Waals surface area (Å²) >= 11 is 0. The molecule has 2 saturated heterocycles. The van der Waals surface area contributed by atoms with Crippen LogP contribution in [-0.2, 0) is 28.5 Å². The lowest BCUT2D eigenvalue weighted by Gasteiger charge is -2.43. The molecule has 0 aromatic heterocycles. The van der Waals surface area contributed by atoms with Crippen LogP contribution in [0.3, 0.4) is 0 Å². The molecule has 12 nitrogen and oxygen atoms in total. The number of hydrogen-bond acceptors (Lipinski definition) is 12. The minimum atomic E-state index is -1.88. The fourth-order valence-electron chi connectivity index (χ4n) is 3.57. The Hall–Kier alpha value is -1.45. The van der Waals surface area contributed by atoms with Gasteiger partial charge in [0.1, 0.15) is 36.1 Å². The van der Waals surface area contributed by atoms with Crippen molar-refractivity contribution in [3.8, 4) is 0 Å². The van der Waals surface area contributed by atoms with Crippen LogP contribution < -0.4 is 0 Å². The van der Waals surface area contributed by atoms with Gasteiger partial charge in [-0.15, -0.1) is 6.58 Å². The summed E-state index contributed by atoms with van der Waals surface area (Å²) in [4.78, 5) is 11.5. The molecule has 0 aromatic carbocycles. The number of rotatable bonds is 11. The van der Waals surface area contributed by atoms with E-state index in [1.165, 1.54) is 13.2 Å². The Balaban J connectivity index is 2.01. The summed E-state index contributed by atoms with van der Waals surface area (Å²) in [5.74, 6) is -0.457. The molecule has 0 bridgehead atoms. The zero-order chi connectivity index (χ0) is 25.7. The molecule has 2 aliphatic heterocycles. The number of aliphatic hydroxyl groups is 6. The number of methoxy groups -OCH3 is 1. The van der Waals surface area contributed by atoms with E-state index in [1.807, 2.05) is 0 Å². The molecule has 196 valence electrons. The Morgan fingerprint density at radius 1 is 1.21 bits per heavy atom. The molecule has 0 saturated carbocycles. The number of ether oxygens (including phenoxy) is 5. The van der Waals surface area contributed by atoms with Gasteiger partial charge in [0.2, 0.25) is 0 Å². The zero-order valence-electron chi connectivity index (χ0n) is 19.6. The molecule has 2 heterocycles.